The number of nitrogens with one attached hydrogen (secondary N) is 2. The van der Waals surface area contributed by atoms with Gasteiger partial charge in [-0.3, -0.25) is 9.59 Å². The van der Waals surface area contributed by atoms with Crippen molar-refractivity contribution in [3.8, 4) is 0 Å². The molecule has 7 heteroatoms. The summed E-state index contributed by atoms with van der Waals surface area (Å²) < 4.78 is 0. The number of hydrogen-bond donors (Lipinski definition) is 2. The number of thioether (sulfide) groups is 1. The predicted molar refractivity (Wildman–Crippen MR) is 121 cm³/mol. The Balaban J connectivity index is 1.44. The number of amides is 1. The maximum atomic E-state index is 12.6. The van der Waals surface area contributed by atoms with Gasteiger partial charge in [-0.05, 0) is 54.4 Å². The van der Waals surface area contributed by atoms with Crippen LogP contribution in [0, 0.1) is 5.92 Å². The number of benzene rings is 1. The fourth-order valence-corrected chi connectivity index (χ4v) is 5.78. The normalized spacial score (nSPS) is 16.2. The second-order valence-corrected chi connectivity index (χ2v) is 10.1. The van der Waals surface area contributed by atoms with Gasteiger partial charge < -0.3 is 10.3 Å². The van der Waals surface area contributed by atoms with Crippen molar-refractivity contribution in [1.82, 2.24) is 9.97 Å². The van der Waals surface area contributed by atoms with Gasteiger partial charge in [0.05, 0.1) is 11.1 Å². The van der Waals surface area contributed by atoms with Crippen LogP contribution in [-0.4, -0.2) is 21.6 Å². The van der Waals surface area contributed by atoms with Gasteiger partial charge in [0.25, 0.3) is 5.56 Å². The standard InChI is InChI=1S/C22H25N3O2S2/c1-12(2)14-5-7-15(8-6-14)23-18(26)11-28-22-24-20(27)19-16-9-4-13(3)10-17(16)29-21(19)25-22/h5-8,12-13H,4,9-11H2,1-3H3,(H,23,26)(H,24,25,27). The van der Waals surface area contributed by atoms with Crippen LogP contribution in [0.25, 0.3) is 10.2 Å². The number of hydrogen-bond acceptors (Lipinski definition) is 5. The lowest BCUT2D eigenvalue weighted by Gasteiger charge is -2.17. The molecule has 0 bridgehead atoms. The second-order valence-electron chi connectivity index (χ2n) is 8.02. The number of nitrogens with zero attached hydrogens (tertiary/aromatic N) is 1. The van der Waals surface area contributed by atoms with Gasteiger partial charge in [-0.15, -0.1) is 11.3 Å². The zero-order chi connectivity index (χ0) is 20.5. The Morgan fingerprint density at radius 3 is 2.83 bits per heavy atom. The van der Waals surface area contributed by atoms with E-state index in [1.165, 1.54) is 27.8 Å². The lowest BCUT2D eigenvalue weighted by Crippen LogP contribution is -2.16. The van der Waals surface area contributed by atoms with Crippen LogP contribution >= 0.6 is 23.1 Å². The molecule has 4 rings (SSSR count). The average molecular weight is 428 g/mol. The highest BCUT2D eigenvalue weighted by atomic mass is 32.2. The van der Waals surface area contributed by atoms with Crippen LogP contribution in [0.15, 0.2) is 34.2 Å². The van der Waals surface area contributed by atoms with Crippen LogP contribution < -0.4 is 10.9 Å². The number of rotatable bonds is 5. The molecule has 1 aliphatic rings. The number of H-pyrrole nitrogens is 1. The molecule has 2 aromatic heterocycles. The molecular formula is C22H25N3O2S2. The highest BCUT2D eigenvalue weighted by Crippen LogP contribution is 2.36. The van der Waals surface area contributed by atoms with Crippen LogP contribution in [0.1, 0.15) is 49.1 Å². The molecule has 29 heavy (non-hydrogen) atoms. The van der Waals surface area contributed by atoms with E-state index in [9.17, 15) is 9.59 Å². The van der Waals surface area contributed by atoms with Crippen molar-refractivity contribution in [2.24, 2.45) is 5.92 Å². The lowest BCUT2D eigenvalue weighted by molar-refractivity contribution is -0.113. The number of thiophene rings is 1. The molecule has 3 aromatic rings. The van der Waals surface area contributed by atoms with E-state index in [0.717, 1.165) is 35.2 Å². The number of carbonyl (C=O) groups is 1. The third kappa shape index (κ3) is 4.41. The summed E-state index contributed by atoms with van der Waals surface area (Å²) in [5.74, 6) is 1.19. The monoisotopic (exact) mass is 427 g/mol. The zero-order valence-corrected chi connectivity index (χ0v) is 18.5. The second kappa shape index (κ2) is 8.32. The SMILES string of the molecule is CC1CCc2c(sc3nc(SCC(=O)Nc4ccc(C(C)C)cc4)[nH]c(=O)c23)C1. The topological polar surface area (TPSA) is 74.8 Å². The number of aryl methyl sites for hydroxylation is 1. The van der Waals surface area contributed by atoms with Crippen molar-refractivity contribution >= 4 is 44.9 Å². The Labute approximate surface area is 178 Å². The van der Waals surface area contributed by atoms with Crippen molar-refractivity contribution in [3.05, 3.63) is 50.6 Å². The molecule has 2 heterocycles. The minimum Gasteiger partial charge on any atom is -0.325 e. The summed E-state index contributed by atoms with van der Waals surface area (Å²) in [5.41, 5.74) is 3.10. The Kier molecular flexibility index (Phi) is 5.79. The summed E-state index contributed by atoms with van der Waals surface area (Å²) in [6, 6.07) is 7.89. The smallest absolute Gasteiger partial charge is 0.260 e. The molecule has 1 aromatic carbocycles. The van der Waals surface area contributed by atoms with E-state index in [2.05, 4.69) is 36.1 Å². The van der Waals surface area contributed by atoms with Crippen LogP contribution in [0.5, 0.6) is 0 Å². The minimum absolute atomic E-state index is 0.0887. The van der Waals surface area contributed by atoms with Gasteiger partial charge in [-0.1, -0.05) is 44.7 Å². The van der Waals surface area contributed by atoms with E-state index in [0.29, 0.717) is 17.0 Å². The lowest BCUT2D eigenvalue weighted by atomic mass is 9.89. The Morgan fingerprint density at radius 1 is 1.34 bits per heavy atom. The predicted octanol–water partition coefficient (Wildman–Crippen LogP) is 4.96. The first-order valence-electron chi connectivity index (χ1n) is 9.98. The highest BCUT2D eigenvalue weighted by molar-refractivity contribution is 7.99. The summed E-state index contributed by atoms with van der Waals surface area (Å²) in [5, 5.41) is 4.14. The fraction of sp³-hybridized carbons (Fsp3) is 0.409. The van der Waals surface area contributed by atoms with E-state index >= 15 is 0 Å². The third-order valence-electron chi connectivity index (χ3n) is 5.34. The minimum atomic E-state index is -0.116. The number of fused-ring (bicyclic) bond motifs is 3. The largest absolute Gasteiger partial charge is 0.325 e. The Morgan fingerprint density at radius 2 is 2.10 bits per heavy atom. The van der Waals surface area contributed by atoms with Crippen molar-refractivity contribution in [2.75, 3.05) is 11.1 Å². The molecule has 1 amide bonds. The van der Waals surface area contributed by atoms with E-state index in [1.54, 1.807) is 11.3 Å². The van der Waals surface area contributed by atoms with Gasteiger partial charge in [0.15, 0.2) is 5.16 Å². The van der Waals surface area contributed by atoms with Crippen LogP contribution in [0.3, 0.4) is 0 Å². The number of anilines is 1. The first-order valence-corrected chi connectivity index (χ1v) is 11.8. The van der Waals surface area contributed by atoms with E-state index in [-0.39, 0.29) is 17.2 Å². The first kappa shape index (κ1) is 20.2. The zero-order valence-electron chi connectivity index (χ0n) is 16.9. The third-order valence-corrected chi connectivity index (χ3v) is 7.37. The number of carbonyl (C=O) groups excluding carboxylic acids is 1. The average Bonchev–Trinajstić information content (AvgIpc) is 3.04. The van der Waals surface area contributed by atoms with Gasteiger partial charge in [-0.2, -0.15) is 0 Å². The molecule has 0 saturated carbocycles. The van der Waals surface area contributed by atoms with Crippen LogP contribution in [0.2, 0.25) is 0 Å². The Hall–Kier alpha value is -2.12. The van der Waals surface area contributed by atoms with Crippen molar-refractivity contribution < 1.29 is 4.79 Å². The quantitative estimate of drug-likeness (QED) is 0.446. The summed E-state index contributed by atoms with van der Waals surface area (Å²) in [6.07, 6.45) is 3.09. The van der Waals surface area contributed by atoms with Gasteiger partial charge in [-0.25, -0.2) is 4.98 Å². The van der Waals surface area contributed by atoms with Crippen LogP contribution in [-0.2, 0) is 17.6 Å². The first-order chi connectivity index (χ1) is 13.9. The van der Waals surface area contributed by atoms with Crippen LogP contribution in [0.4, 0.5) is 5.69 Å². The fourth-order valence-electron chi connectivity index (χ4n) is 3.68. The summed E-state index contributed by atoms with van der Waals surface area (Å²) >= 11 is 2.89. The molecule has 1 aliphatic carbocycles. The molecule has 2 N–H and O–H groups in total. The maximum Gasteiger partial charge on any atom is 0.260 e. The van der Waals surface area contributed by atoms with Gasteiger partial charge in [0.1, 0.15) is 4.83 Å². The molecule has 152 valence electrons. The molecule has 0 spiro atoms. The maximum absolute atomic E-state index is 12.6. The van der Waals surface area contributed by atoms with Gasteiger partial charge in [0, 0.05) is 10.6 Å². The number of aromatic nitrogens is 2. The molecule has 5 nitrogen and oxygen atoms in total. The molecule has 0 saturated heterocycles. The Bertz CT molecular complexity index is 1100. The van der Waals surface area contributed by atoms with Crippen molar-refractivity contribution in [3.63, 3.8) is 0 Å². The van der Waals surface area contributed by atoms with Crippen molar-refractivity contribution in [1.29, 1.82) is 0 Å². The summed E-state index contributed by atoms with van der Waals surface area (Å²) in [4.78, 5) is 34.5. The molecule has 0 fully saturated rings. The summed E-state index contributed by atoms with van der Waals surface area (Å²) in [7, 11) is 0. The number of aromatic amines is 1. The molecule has 1 unspecified atom stereocenters. The van der Waals surface area contributed by atoms with Crippen molar-refractivity contribution in [2.45, 2.75) is 51.1 Å². The highest BCUT2D eigenvalue weighted by Gasteiger charge is 2.23. The van der Waals surface area contributed by atoms with E-state index < -0.39 is 0 Å². The molecular weight excluding hydrogens is 402 g/mol. The molecule has 1 atom stereocenters. The molecule has 0 aliphatic heterocycles. The van der Waals surface area contributed by atoms with E-state index in [1.807, 2.05) is 24.3 Å². The summed E-state index contributed by atoms with van der Waals surface area (Å²) in [6.45, 7) is 6.53. The van der Waals surface area contributed by atoms with E-state index in [4.69, 9.17) is 0 Å². The molecule has 0 radical (unpaired) electrons. The van der Waals surface area contributed by atoms with Gasteiger partial charge in [0.2, 0.25) is 5.91 Å². The van der Waals surface area contributed by atoms with Gasteiger partial charge >= 0.3 is 0 Å².